The van der Waals surface area contributed by atoms with Gasteiger partial charge in [-0.05, 0) is 35.0 Å². The van der Waals surface area contributed by atoms with Crippen LogP contribution in [-0.4, -0.2) is 50.7 Å². The number of benzene rings is 3. The number of carbonyl (C=O) groups excluding carboxylic acids is 1. The predicted molar refractivity (Wildman–Crippen MR) is 119 cm³/mol. The van der Waals surface area contributed by atoms with E-state index in [4.69, 9.17) is 16.3 Å². The number of hydrazone groups is 1. The number of likely N-dealkylation sites (N-methyl/N-ethyl adjacent to an activating group) is 1. The molecule has 0 unspecified atom stereocenters. The normalized spacial score (nSPS) is 11.9. The van der Waals surface area contributed by atoms with Gasteiger partial charge in [0.05, 0.1) is 29.8 Å². The molecular weight excluding hydrogens is 442 g/mol. The van der Waals surface area contributed by atoms with Gasteiger partial charge in [0.15, 0.2) is 0 Å². The monoisotopic (exact) mass is 461 g/mol. The first-order valence-electron chi connectivity index (χ1n) is 9.06. The van der Waals surface area contributed by atoms with Crippen LogP contribution in [0.5, 0.6) is 11.5 Å². The molecule has 0 atom stereocenters. The van der Waals surface area contributed by atoms with Gasteiger partial charge in [-0.2, -0.15) is 9.41 Å². The Labute approximate surface area is 184 Å². The van der Waals surface area contributed by atoms with Gasteiger partial charge in [-0.15, -0.1) is 0 Å². The number of amides is 1. The van der Waals surface area contributed by atoms with Crippen LogP contribution in [0.15, 0.2) is 64.6 Å². The Morgan fingerprint density at radius 1 is 1.23 bits per heavy atom. The zero-order chi connectivity index (χ0) is 22.6. The van der Waals surface area contributed by atoms with Crippen LogP contribution in [-0.2, 0) is 14.8 Å². The minimum Gasteiger partial charge on any atom is -0.507 e. The molecule has 1 amide bonds. The molecule has 0 saturated carbocycles. The van der Waals surface area contributed by atoms with E-state index >= 15 is 0 Å². The first-order chi connectivity index (χ1) is 14.7. The second-order valence-corrected chi connectivity index (χ2v) is 9.02. The molecule has 0 spiro atoms. The molecule has 3 aromatic carbocycles. The molecule has 0 aromatic heterocycles. The quantitative estimate of drug-likeness (QED) is 0.415. The van der Waals surface area contributed by atoms with E-state index < -0.39 is 22.5 Å². The first-order valence-corrected chi connectivity index (χ1v) is 10.9. The Balaban J connectivity index is 1.70. The minimum absolute atomic E-state index is 0.00720. The lowest BCUT2D eigenvalue weighted by atomic mass is 10.0. The minimum atomic E-state index is -3.95. The Morgan fingerprint density at radius 3 is 2.68 bits per heavy atom. The maximum Gasteiger partial charge on any atom is 0.255 e. The van der Waals surface area contributed by atoms with Crippen LogP contribution in [0.1, 0.15) is 5.56 Å². The molecule has 162 valence electrons. The van der Waals surface area contributed by atoms with Crippen LogP contribution >= 0.6 is 11.6 Å². The molecule has 10 heteroatoms. The van der Waals surface area contributed by atoms with Crippen molar-refractivity contribution in [2.75, 3.05) is 20.7 Å². The van der Waals surface area contributed by atoms with Crippen molar-refractivity contribution in [3.63, 3.8) is 0 Å². The molecular formula is C21H20ClN3O5S. The van der Waals surface area contributed by atoms with E-state index in [1.165, 1.54) is 44.6 Å². The van der Waals surface area contributed by atoms with Crippen molar-refractivity contribution in [3.8, 4) is 11.5 Å². The maximum absolute atomic E-state index is 12.7. The summed E-state index contributed by atoms with van der Waals surface area (Å²) in [6.07, 6.45) is 1.31. The molecule has 31 heavy (non-hydrogen) atoms. The van der Waals surface area contributed by atoms with Crippen LogP contribution in [0.2, 0.25) is 5.02 Å². The average molecular weight is 462 g/mol. The first kappa shape index (κ1) is 22.5. The van der Waals surface area contributed by atoms with E-state index in [0.29, 0.717) is 11.3 Å². The zero-order valence-electron chi connectivity index (χ0n) is 16.7. The van der Waals surface area contributed by atoms with Gasteiger partial charge in [0.1, 0.15) is 11.5 Å². The fourth-order valence-electron chi connectivity index (χ4n) is 2.90. The van der Waals surface area contributed by atoms with Gasteiger partial charge in [0.25, 0.3) is 5.91 Å². The van der Waals surface area contributed by atoms with E-state index in [1.54, 1.807) is 6.07 Å². The van der Waals surface area contributed by atoms with Crippen molar-refractivity contribution in [1.29, 1.82) is 0 Å². The van der Waals surface area contributed by atoms with E-state index in [-0.39, 0.29) is 15.7 Å². The summed E-state index contributed by atoms with van der Waals surface area (Å²) < 4.78 is 31.3. The lowest BCUT2D eigenvalue weighted by Gasteiger charge is -2.16. The number of sulfonamides is 1. The summed E-state index contributed by atoms with van der Waals surface area (Å²) in [4.78, 5) is 12.1. The third-order valence-corrected chi connectivity index (χ3v) is 6.62. The Bertz CT molecular complexity index is 1260. The predicted octanol–water partition coefficient (Wildman–Crippen LogP) is 2.98. The highest BCUT2D eigenvalue weighted by Gasteiger charge is 2.24. The van der Waals surface area contributed by atoms with Crippen molar-refractivity contribution in [2.45, 2.75) is 4.90 Å². The van der Waals surface area contributed by atoms with Crippen LogP contribution in [0.25, 0.3) is 10.8 Å². The van der Waals surface area contributed by atoms with Gasteiger partial charge < -0.3 is 9.84 Å². The SMILES string of the molecule is COc1ccc(S(=O)(=O)N(C)CC(=O)N/N=C/c2c(O)ccc3ccccc23)cc1Cl. The highest BCUT2D eigenvalue weighted by atomic mass is 35.5. The van der Waals surface area contributed by atoms with Crippen molar-refractivity contribution < 1.29 is 23.1 Å². The number of phenolic OH excluding ortho intramolecular Hbond substituents is 1. The standard InChI is InChI=1S/C21H20ClN3O5S/c1-25(31(28,29)15-8-10-20(30-2)18(22)11-15)13-21(27)24-23-12-17-16-6-4-3-5-14(16)7-9-19(17)26/h3-12,26H,13H2,1-2H3,(H,24,27)/b23-12+. The molecule has 0 radical (unpaired) electrons. The number of fused-ring (bicyclic) bond motifs is 1. The van der Waals surface area contributed by atoms with Gasteiger partial charge >= 0.3 is 0 Å². The fourth-order valence-corrected chi connectivity index (χ4v) is 4.37. The second-order valence-electron chi connectivity index (χ2n) is 6.57. The van der Waals surface area contributed by atoms with Gasteiger partial charge in [-0.1, -0.05) is 41.9 Å². The number of halogens is 1. The summed E-state index contributed by atoms with van der Waals surface area (Å²) in [5.41, 5.74) is 2.71. The zero-order valence-corrected chi connectivity index (χ0v) is 18.3. The number of methoxy groups -OCH3 is 1. The second kappa shape index (κ2) is 9.34. The smallest absolute Gasteiger partial charge is 0.255 e. The molecule has 2 N–H and O–H groups in total. The topological polar surface area (TPSA) is 108 Å². The van der Waals surface area contributed by atoms with Crippen molar-refractivity contribution in [1.82, 2.24) is 9.73 Å². The highest BCUT2D eigenvalue weighted by Crippen LogP contribution is 2.28. The van der Waals surface area contributed by atoms with Crippen LogP contribution < -0.4 is 10.2 Å². The summed E-state index contributed by atoms with van der Waals surface area (Å²) in [5, 5.41) is 15.8. The molecule has 0 fully saturated rings. The number of hydrogen-bond donors (Lipinski definition) is 2. The van der Waals surface area contributed by atoms with Crippen LogP contribution in [0.4, 0.5) is 0 Å². The molecule has 0 aliphatic rings. The number of hydrogen-bond acceptors (Lipinski definition) is 6. The highest BCUT2D eigenvalue weighted by molar-refractivity contribution is 7.89. The summed E-state index contributed by atoms with van der Waals surface area (Å²) in [6.45, 7) is -0.467. The molecule has 0 aliphatic heterocycles. The van der Waals surface area contributed by atoms with Crippen molar-refractivity contribution in [3.05, 3.63) is 65.2 Å². The molecule has 0 saturated heterocycles. The summed E-state index contributed by atoms with van der Waals surface area (Å²) in [5.74, 6) is -0.304. The van der Waals surface area contributed by atoms with Crippen LogP contribution in [0.3, 0.4) is 0 Å². The number of phenols is 1. The van der Waals surface area contributed by atoms with E-state index in [1.807, 2.05) is 24.3 Å². The summed E-state index contributed by atoms with van der Waals surface area (Å²) >= 11 is 6.00. The average Bonchev–Trinajstić information content (AvgIpc) is 2.75. The third-order valence-electron chi connectivity index (χ3n) is 4.53. The molecule has 0 heterocycles. The molecule has 3 rings (SSSR count). The Hall–Kier alpha value is -3.14. The number of carbonyl (C=O) groups is 1. The van der Waals surface area contributed by atoms with Crippen molar-refractivity contribution in [2.24, 2.45) is 5.10 Å². The fraction of sp³-hybridized carbons (Fsp3) is 0.143. The van der Waals surface area contributed by atoms with Gasteiger partial charge in [-0.25, -0.2) is 13.8 Å². The van der Waals surface area contributed by atoms with E-state index in [0.717, 1.165) is 15.1 Å². The Morgan fingerprint density at radius 2 is 1.97 bits per heavy atom. The summed E-state index contributed by atoms with van der Waals surface area (Å²) in [6, 6.07) is 14.7. The number of ether oxygens (including phenoxy) is 1. The molecule has 3 aromatic rings. The number of rotatable bonds is 7. The third kappa shape index (κ3) is 4.96. The number of aromatic hydroxyl groups is 1. The summed E-state index contributed by atoms with van der Waals surface area (Å²) in [7, 11) is -1.26. The van der Waals surface area contributed by atoms with Crippen LogP contribution in [0, 0.1) is 0 Å². The Kier molecular flexibility index (Phi) is 6.79. The number of nitrogens with one attached hydrogen (secondary N) is 1. The van der Waals surface area contributed by atoms with Gasteiger partial charge in [0, 0.05) is 12.6 Å². The molecule has 8 nitrogen and oxygen atoms in total. The van der Waals surface area contributed by atoms with Gasteiger partial charge in [-0.3, -0.25) is 4.79 Å². The van der Waals surface area contributed by atoms with Crippen molar-refractivity contribution >= 4 is 44.5 Å². The van der Waals surface area contributed by atoms with E-state index in [2.05, 4.69) is 10.5 Å². The lowest BCUT2D eigenvalue weighted by Crippen LogP contribution is -2.36. The largest absolute Gasteiger partial charge is 0.507 e. The van der Waals surface area contributed by atoms with E-state index in [9.17, 15) is 18.3 Å². The van der Waals surface area contributed by atoms with Gasteiger partial charge in [0.2, 0.25) is 10.0 Å². The number of nitrogens with zero attached hydrogens (tertiary/aromatic N) is 2. The molecule has 0 bridgehead atoms. The maximum atomic E-state index is 12.7. The lowest BCUT2D eigenvalue weighted by molar-refractivity contribution is -0.121. The molecule has 0 aliphatic carbocycles.